The molecule has 20 heavy (non-hydrogen) atoms. The van der Waals surface area contributed by atoms with Crippen molar-refractivity contribution in [1.82, 2.24) is 19.7 Å². The first-order valence-corrected chi connectivity index (χ1v) is 6.32. The largest absolute Gasteiger partial charge is 0.475 e. The van der Waals surface area contributed by atoms with E-state index in [1.807, 2.05) is 0 Å². The highest BCUT2D eigenvalue weighted by atomic mass is 79.9. The predicted molar refractivity (Wildman–Crippen MR) is 72.9 cm³/mol. The van der Waals surface area contributed by atoms with Crippen LogP contribution in [-0.2, 0) is 4.79 Å². The van der Waals surface area contributed by atoms with Crippen molar-refractivity contribution in [3.8, 4) is 5.82 Å². The van der Waals surface area contributed by atoms with Gasteiger partial charge >= 0.3 is 5.97 Å². The summed E-state index contributed by atoms with van der Waals surface area (Å²) in [6.07, 6.45) is 6.17. The van der Waals surface area contributed by atoms with Gasteiger partial charge in [-0.2, -0.15) is 5.10 Å². The molecule has 0 saturated carbocycles. The molecule has 0 fully saturated rings. The number of rotatable bonds is 3. The van der Waals surface area contributed by atoms with E-state index in [9.17, 15) is 9.59 Å². The molecule has 3 heterocycles. The summed E-state index contributed by atoms with van der Waals surface area (Å²) in [5, 5.41) is 13.4. The number of nitrogens with zero attached hydrogens (tertiary/aromatic N) is 3. The van der Waals surface area contributed by atoms with E-state index in [1.165, 1.54) is 17.1 Å². The Bertz CT molecular complexity index is 823. The number of hydrogen-bond donors (Lipinski definition) is 2. The number of carboxylic acids is 1. The average molecular weight is 335 g/mol. The molecule has 0 radical (unpaired) electrons. The number of carboxylic acid groups (broad SMARTS) is 1. The number of nitrogens with one attached hydrogen (secondary N) is 1. The Kier molecular flexibility index (Phi) is 2.87. The molecule has 100 valence electrons. The maximum absolute atomic E-state index is 11.7. The van der Waals surface area contributed by atoms with Crippen LogP contribution < -0.4 is 0 Å². The molecule has 0 atom stereocenters. The molecule has 8 heteroatoms. The van der Waals surface area contributed by atoms with Crippen molar-refractivity contribution in [3.05, 3.63) is 40.9 Å². The molecule has 2 N–H and O–H groups in total. The highest BCUT2D eigenvalue weighted by Crippen LogP contribution is 2.29. The second-order valence-electron chi connectivity index (χ2n) is 3.97. The topological polar surface area (TPSA) is 101 Å². The molecule has 0 aromatic carbocycles. The Morgan fingerprint density at radius 2 is 2.20 bits per heavy atom. The average Bonchev–Trinajstić information content (AvgIpc) is 3.07. The van der Waals surface area contributed by atoms with Gasteiger partial charge in [0, 0.05) is 34.6 Å². The van der Waals surface area contributed by atoms with E-state index >= 15 is 0 Å². The number of aromatic nitrogens is 4. The molecule has 0 aliphatic heterocycles. The lowest BCUT2D eigenvalue weighted by Gasteiger charge is -2.04. The number of pyridine rings is 1. The minimum atomic E-state index is -1.50. The quantitative estimate of drug-likeness (QED) is 0.561. The zero-order valence-corrected chi connectivity index (χ0v) is 11.5. The Balaban J connectivity index is 2.31. The van der Waals surface area contributed by atoms with Crippen molar-refractivity contribution < 1.29 is 14.7 Å². The molecule has 3 rings (SSSR count). The maximum atomic E-state index is 11.7. The van der Waals surface area contributed by atoms with Gasteiger partial charge < -0.3 is 10.1 Å². The first kappa shape index (κ1) is 12.5. The number of aliphatic carboxylic acids is 1. The molecule has 0 amide bonds. The number of hydrogen-bond acceptors (Lipinski definition) is 4. The van der Waals surface area contributed by atoms with Gasteiger partial charge in [0.05, 0.1) is 11.1 Å². The Morgan fingerprint density at radius 1 is 1.40 bits per heavy atom. The number of ketones is 1. The van der Waals surface area contributed by atoms with E-state index in [-0.39, 0.29) is 5.56 Å². The highest BCUT2D eigenvalue weighted by molar-refractivity contribution is 9.10. The molecule has 3 aromatic heterocycles. The number of Topliss-reactive ketones (excluding diaryl/α,β-unsaturated/α-hetero) is 1. The molecule has 3 aromatic rings. The number of carbonyl (C=O) groups excluding carboxylic acids is 1. The van der Waals surface area contributed by atoms with Crippen molar-refractivity contribution >= 4 is 38.6 Å². The molecule has 0 bridgehead atoms. The molecular weight excluding hydrogens is 328 g/mol. The van der Waals surface area contributed by atoms with Gasteiger partial charge in [-0.05, 0) is 22.0 Å². The lowest BCUT2D eigenvalue weighted by atomic mass is 10.1. The summed E-state index contributed by atoms with van der Waals surface area (Å²) in [5.74, 6) is -2.00. The van der Waals surface area contributed by atoms with Crippen LogP contribution in [0.5, 0.6) is 0 Å². The van der Waals surface area contributed by atoms with Gasteiger partial charge in [0.1, 0.15) is 0 Å². The van der Waals surface area contributed by atoms with Crippen LogP contribution in [0.3, 0.4) is 0 Å². The van der Waals surface area contributed by atoms with Crippen LogP contribution >= 0.6 is 15.9 Å². The minimum absolute atomic E-state index is 0.0789. The molecule has 0 saturated heterocycles. The van der Waals surface area contributed by atoms with E-state index in [0.717, 1.165) is 0 Å². The highest BCUT2D eigenvalue weighted by Gasteiger charge is 2.22. The second-order valence-corrected chi connectivity index (χ2v) is 4.82. The first-order chi connectivity index (χ1) is 9.59. The van der Waals surface area contributed by atoms with E-state index < -0.39 is 11.8 Å². The van der Waals surface area contributed by atoms with Gasteiger partial charge in [-0.3, -0.25) is 4.79 Å². The lowest BCUT2D eigenvalue weighted by Crippen LogP contribution is -2.12. The third kappa shape index (κ3) is 1.81. The summed E-state index contributed by atoms with van der Waals surface area (Å²) < 4.78 is 2.06. The van der Waals surface area contributed by atoms with Crippen molar-refractivity contribution in [2.75, 3.05) is 0 Å². The summed E-state index contributed by atoms with van der Waals surface area (Å²) in [7, 11) is 0. The zero-order valence-electron chi connectivity index (χ0n) is 9.87. The standard InChI is InChI=1S/C12H7BrN4O3/c13-7-5-15-11(17-3-1-2-16-17)9-8(7)6(4-14-9)10(18)12(19)20/h1-5,14H,(H,19,20). The van der Waals surface area contributed by atoms with Crippen molar-refractivity contribution in [2.24, 2.45) is 0 Å². The summed E-state index contributed by atoms with van der Waals surface area (Å²) in [6, 6.07) is 1.74. The predicted octanol–water partition coefficient (Wildman–Crippen LogP) is 1.78. The normalized spacial score (nSPS) is 10.8. The smallest absolute Gasteiger partial charge is 0.377 e. The van der Waals surface area contributed by atoms with Crippen LogP contribution in [0.25, 0.3) is 16.7 Å². The van der Waals surface area contributed by atoms with E-state index in [0.29, 0.717) is 21.2 Å². The SMILES string of the molecule is O=C(O)C(=O)c1c[nH]c2c(-n3cccn3)ncc(Br)c12. The van der Waals surface area contributed by atoms with Crippen LogP contribution in [0, 0.1) is 0 Å². The maximum Gasteiger partial charge on any atom is 0.377 e. The van der Waals surface area contributed by atoms with Crippen molar-refractivity contribution in [2.45, 2.75) is 0 Å². The monoisotopic (exact) mass is 334 g/mol. The van der Waals surface area contributed by atoms with Gasteiger partial charge in [-0.1, -0.05) is 0 Å². The van der Waals surface area contributed by atoms with Crippen LogP contribution in [0.1, 0.15) is 10.4 Å². The van der Waals surface area contributed by atoms with Gasteiger partial charge in [0.15, 0.2) is 5.82 Å². The van der Waals surface area contributed by atoms with Crippen LogP contribution in [-0.4, -0.2) is 36.6 Å². The fourth-order valence-corrected chi connectivity index (χ4v) is 2.47. The Labute approximate surface area is 120 Å². The first-order valence-electron chi connectivity index (χ1n) is 5.53. The lowest BCUT2D eigenvalue weighted by molar-refractivity contribution is -0.131. The molecule has 0 aliphatic carbocycles. The summed E-state index contributed by atoms with van der Waals surface area (Å²) in [4.78, 5) is 29.7. The third-order valence-electron chi connectivity index (χ3n) is 2.80. The van der Waals surface area contributed by atoms with Gasteiger partial charge in [-0.15, -0.1) is 0 Å². The number of aromatic amines is 1. The zero-order chi connectivity index (χ0) is 14.3. The fraction of sp³-hybridized carbons (Fsp3) is 0. The second kappa shape index (κ2) is 4.57. The third-order valence-corrected chi connectivity index (χ3v) is 3.40. The Morgan fingerprint density at radius 3 is 2.85 bits per heavy atom. The van der Waals surface area contributed by atoms with E-state index in [4.69, 9.17) is 5.11 Å². The minimum Gasteiger partial charge on any atom is -0.475 e. The van der Waals surface area contributed by atoms with Crippen LogP contribution in [0.4, 0.5) is 0 Å². The molecule has 0 aliphatic rings. The summed E-state index contributed by atoms with van der Waals surface area (Å²) in [6.45, 7) is 0. The number of fused-ring (bicyclic) bond motifs is 1. The van der Waals surface area contributed by atoms with Gasteiger partial charge in [0.2, 0.25) is 0 Å². The van der Waals surface area contributed by atoms with E-state index in [2.05, 4.69) is 31.0 Å². The van der Waals surface area contributed by atoms with Crippen molar-refractivity contribution in [1.29, 1.82) is 0 Å². The van der Waals surface area contributed by atoms with Crippen LogP contribution in [0.2, 0.25) is 0 Å². The molecule has 7 nitrogen and oxygen atoms in total. The van der Waals surface area contributed by atoms with E-state index in [1.54, 1.807) is 18.5 Å². The summed E-state index contributed by atoms with van der Waals surface area (Å²) >= 11 is 3.28. The summed E-state index contributed by atoms with van der Waals surface area (Å²) in [5.41, 5.74) is 0.614. The fourth-order valence-electron chi connectivity index (χ4n) is 1.96. The molecule has 0 spiro atoms. The van der Waals surface area contributed by atoms with Gasteiger partial charge in [0.25, 0.3) is 5.78 Å². The number of carbonyl (C=O) groups is 2. The van der Waals surface area contributed by atoms with Crippen molar-refractivity contribution in [3.63, 3.8) is 0 Å². The number of H-pyrrole nitrogens is 1. The van der Waals surface area contributed by atoms with Gasteiger partial charge in [-0.25, -0.2) is 14.5 Å². The Hall–Kier alpha value is -2.48. The number of halogens is 1. The van der Waals surface area contributed by atoms with Crippen LogP contribution in [0.15, 0.2) is 35.3 Å². The molecular formula is C12H7BrN4O3. The molecule has 0 unspecified atom stereocenters.